The van der Waals surface area contributed by atoms with Gasteiger partial charge in [-0.05, 0) is 44.2 Å². The molecule has 122 valence electrons. The van der Waals surface area contributed by atoms with E-state index in [2.05, 4.69) is 15.5 Å². The fourth-order valence-corrected chi connectivity index (χ4v) is 2.87. The quantitative estimate of drug-likeness (QED) is 0.719. The Balaban J connectivity index is 1.82. The van der Waals surface area contributed by atoms with Crippen LogP contribution >= 0.6 is 23.2 Å². The summed E-state index contributed by atoms with van der Waals surface area (Å²) >= 11 is 11.8. The summed E-state index contributed by atoms with van der Waals surface area (Å²) < 4.78 is 5.51. The van der Waals surface area contributed by atoms with Crippen LogP contribution in [0.4, 0.5) is 6.01 Å². The van der Waals surface area contributed by atoms with E-state index in [0.29, 0.717) is 21.5 Å². The fourth-order valence-electron chi connectivity index (χ4n) is 2.34. The lowest BCUT2D eigenvalue weighted by molar-refractivity contribution is 0.102. The zero-order valence-corrected chi connectivity index (χ0v) is 14.4. The topological polar surface area (TPSA) is 68.0 Å². The summed E-state index contributed by atoms with van der Waals surface area (Å²) in [4.78, 5) is 12.2. The Morgan fingerprint density at radius 3 is 2.21 bits per heavy atom. The maximum absolute atomic E-state index is 12.2. The second kappa shape index (κ2) is 6.63. The molecule has 0 radical (unpaired) electrons. The van der Waals surface area contributed by atoms with Gasteiger partial charge >= 0.3 is 6.01 Å². The second-order valence-electron chi connectivity index (χ2n) is 5.40. The molecule has 0 spiro atoms. The highest BCUT2D eigenvalue weighted by Crippen LogP contribution is 2.23. The molecular formula is C17H13Cl2N3O2. The summed E-state index contributed by atoms with van der Waals surface area (Å²) in [5, 5.41) is 11.1. The summed E-state index contributed by atoms with van der Waals surface area (Å²) in [7, 11) is 0. The molecule has 1 aromatic heterocycles. The standard InChI is InChI=1S/C17H13Cl2N3O2/c1-9-3-10(2)5-12(4-9)16-21-22-17(24-16)20-15(23)11-6-13(18)8-14(19)7-11/h3-8H,1-2H3,(H,20,22,23). The molecule has 0 unspecified atom stereocenters. The minimum Gasteiger partial charge on any atom is -0.403 e. The van der Waals surface area contributed by atoms with Crippen molar-refractivity contribution in [1.82, 2.24) is 10.2 Å². The number of hydrogen-bond acceptors (Lipinski definition) is 4. The monoisotopic (exact) mass is 361 g/mol. The molecule has 0 fully saturated rings. The highest BCUT2D eigenvalue weighted by molar-refractivity contribution is 6.35. The first kappa shape index (κ1) is 16.5. The Kier molecular flexibility index (Phi) is 4.55. The van der Waals surface area contributed by atoms with Crippen LogP contribution in [0.3, 0.4) is 0 Å². The van der Waals surface area contributed by atoms with Crippen molar-refractivity contribution < 1.29 is 9.21 Å². The van der Waals surface area contributed by atoms with E-state index in [-0.39, 0.29) is 6.01 Å². The van der Waals surface area contributed by atoms with Crippen LogP contribution < -0.4 is 5.32 Å². The first-order valence-electron chi connectivity index (χ1n) is 7.10. The number of anilines is 1. The van der Waals surface area contributed by atoms with Gasteiger partial charge < -0.3 is 4.42 Å². The van der Waals surface area contributed by atoms with Crippen LogP contribution in [0.1, 0.15) is 21.5 Å². The molecule has 0 atom stereocenters. The molecule has 1 N–H and O–H groups in total. The third-order valence-electron chi connectivity index (χ3n) is 3.24. The molecule has 0 saturated heterocycles. The third-order valence-corrected chi connectivity index (χ3v) is 3.68. The molecule has 0 aliphatic carbocycles. The lowest BCUT2D eigenvalue weighted by Crippen LogP contribution is -2.12. The van der Waals surface area contributed by atoms with Gasteiger partial charge in [0.25, 0.3) is 5.91 Å². The van der Waals surface area contributed by atoms with Crippen molar-refractivity contribution in [3.05, 3.63) is 63.1 Å². The van der Waals surface area contributed by atoms with Crippen LogP contribution in [-0.2, 0) is 0 Å². The molecule has 3 rings (SSSR count). The number of halogens is 2. The lowest BCUT2D eigenvalue weighted by atomic mass is 10.1. The Morgan fingerprint density at radius 2 is 1.58 bits per heavy atom. The van der Waals surface area contributed by atoms with Crippen LogP contribution in [0.5, 0.6) is 0 Å². The van der Waals surface area contributed by atoms with Crippen LogP contribution in [0.2, 0.25) is 10.0 Å². The first-order chi connectivity index (χ1) is 11.4. The minimum absolute atomic E-state index is 0.00487. The largest absolute Gasteiger partial charge is 0.403 e. The van der Waals surface area contributed by atoms with Gasteiger partial charge in [0.2, 0.25) is 5.89 Å². The van der Waals surface area contributed by atoms with Gasteiger partial charge in [0.15, 0.2) is 0 Å². The fraction of sp³-hybridized carbons (Fsp3) is 0.118. The second-order valence-corrected chi connectivity index (χ2v) is 6.27. The molecule has 2 aromatic carbocycles. The Bertz CT molecular complexity index is 881. The predicted molar refractivity (Wildman–Crippen MR) is 93.6 cm³/mol. The van der Waals surface area contributed by atoms with Gasteiger partial charge in [-0.15, -0.1) is 5.10 Å². The van der Waals surface area contributed by atoms with E-state index in [0.717, 1.165) is 16.7 Å². The van der Waals surface area contributed by atoms with Gasteiger partial charge in [-0.1, -0.05) is 45.5 Å². The van der Waals surface area contributed by atoms with Gasteiger partial charge in [-0.3, -0.25) is 10.1 Å². The van der Waals surface area contributed by atoms with E-state index in [1.54, 1.807) is 6.07 Å². The summed E-state index contributed by atoms with van der Waals surface area (Å²) in [6.45, 7) is 3.97. The smallest absolute Gasteiger partial charge is 0.322 e. The van der Waals surface area contributed by atoms with Gasteiger partial charge in [0.05, 0.1) is 0 Å². The van der Waals surface area contributed by atoms with Gasteiger partial charge in [0, 0.05) is 21.2 Å². The Labute approximate surface area is 148 Å². The van der Waals surface area contributed by atoms with Crippen molar-refractivity contribution in [2.45, 2.75) is 13.8 Å². The van der Waals surface area contributed by atoms with Gasteiger partial charge in [-0.2, -0.15) is 0 Å². The van der Waals surface area contributed by atoms with E-state index >= 15 is 0 Å². The van der Waals surface area contributed by atoms with Crippen LogP contribution in [0.15, 0.2) is 40.8 Å². The number of rotatable bonds is 3. The Hall–Kier alpha value is -2.37. The highest BCUT2D eigenvalue weighted by atomic mass is 35.5. The molecule has 5 nitrogen and oxygen atoms in total. The summed E-state index contributed by atoms with van der Waals surface area (Å²) in [5.41, 5.74) is 3.27. The summed E-state index contributed by atoms with van der Waals surface area (Å²) in [6, 6.07) is 10.5. The molecule has 7 heteroatoms. The molecular weight excluding hydrogens is 349 g/mol. The zero-order valence-electron chi connectivity index (χ0n) is 12.9. The number of hydrogen-bond donors (Lipinski definition) is 1. The number of aromatic nitrogens is 2. The number of nitrogens with zero attached hydrogens (tertiary/aromatic N) is 2. The maximum atomic E-state index is 12.2. The maximum Gasteiger partial charge on any atom is 0.322 e. The van der Waals surface area contributed by atoms with Crippen molar-refractivity contribution in [3.63, 3.8) is 0 Å². The predicted octanol–water partition coefficient (Wildman–Crippen LogP) is 4.91. The lowest BCUT2D eigenvalue weighted by Gasteiger charge is -2.02. The molecule has 0 saturated carbocycles. The van der Waals surface area contributed by atoms with Gasteiger partial charge in [-0.25, -0.2) is 0 Å². The van der Waals surface area contributed by atoms with E-state index in [9.17, 15) is 4.79 Å². The molecule has 24 heavy (non-hydrogen) atoms. The molecule has 3 aromatic rings. The highest BCUT2D eigenvalue weighted by Gasteiger charge is 2.14. The molecule has 1 heterocycles. The van der Waals surface area contributed by atoms with Crippen molar-refractivity contribution in [3.8, 4) is 11.5 Å². The molecule has 0 aliphatic rings. The number of benzene rings is 2. The molecule has 1 amide bonds. The van der Waals surface area contributed by atoms with E-state index in [1.165, 1.54) is 12.1 Å². The van der Waals surface area contributed by atoms with Crippen molar-refractivity contribution in [2.75, 3.05) is 5.32 Å². The van der Waals surface area contributed by atoms with E-state index in [4.69, 9.17) is 27.6 Å². The minimum atomic E-state index is -0.435. The number of carbonyl (C=O) groups excluding carboxylic acids is 1. The van der Waals surface area contributed by atoms with E-state index < -0.39 is 5.91 Å². The van der Waals surface area contributed by atoms with Crippen molar-refractivity contribution in [2.24, 2.45) is 0 Å². The van der Waals surface area contributed by atoms with Gasteiger partial charge in [0.1, 0.15) is 0 Å². The number of nitrogens with one attached hydrogen (secondary N) is 1. The first-order valence-corrected chi connectivity index (χ1v) is 7.86. The molecule has 0 bridgehead atoms. The van der Waals surface area contributed by atoms with Crippen LogP contribution in [0, 0.1) is 13.8 Å². The zero-order chi connectivity index (χ0) is 17.3. The SMILES string of the molecule is Cc1cc(C)cc(-c2nnc(NC(=O)c3cc(Cl)cc(Cl)c3)o2)c1. The van der Waals surface area contributed by atoms with Crippen molar-refractivity contribution >= 4 is 35.1 Å². The summed E-state index contributed by atoms with van der Waals surface area (Å²) in [6.07, 6.45) is 0. The average molecular weight is 362 g/mol. The summed E-state index contributed by atoms with van der Waals surface area (Å²) in [5.74, 6) is -0.101. The van der Waals surface area contributed by atoms with Crippen molar-refractivity contribution in [1.29, 1.82) is 0 Å². The Morgan fingerprint density at radius 1 is 0.958 bits per heavy atom. The number of aryl methyl sites for hydroxylation is 2. The normalized spacial score (nSPS) is 10.7. The molecule has 0 aliphatic heterocycles. The number of carbonyl (C=O) groups is 1. The number of amides is 1. The van der Waals surface area contributed by atoms with E-state index in [1.807, 2.05) is 32.0 Å². The third kappa shape index (κ3) is 3.75. The average Bonchev–Trinajstić information content (AvgIpc) is 2.93. The van der Waals surface area contributed by atoms with Crippen LogP contribution in [0.25, 0.3) is 11.5 Å². The van der Waals surface area contributed by atoms with Crippen LogP contribution in [-0.4, -0.2) is 16.1 Å².